The number of ether oxygens (including phenoxy) is 1. The van der Waals surface area contributed by atoms with Gasteiger partial charge in [0.05, 0.1) is 35.2 Å². The average Bonchev–Trinajstić information content (AvgIpc) is 2.99. The van der Waals surface area contributed by atoms with E-state index >= 15 is 8.78 Å². The molecule has 2 aromatic rings. The van der Waals surface area contributed by atoms with Gasteiger partial charge in [0, 0.05) is 35.6 Å². The summed E-state index contributed by atoms with van der Waals surface area (Å²) in [7, 11) is 0. The first-order valence-corrected chi connectivity index (χ1v) is 12.9. The number of hydrogen-bond donors (Lipinski definition) is 2. The van der Waals surface area contributed by atoms with E-state index in [9.17, 15) is 4.79 Å². The van der Waals surface area contributed by atoms with Gasteiger partial charge in [0.1, 0.15) is 11.6 Å². The second-order valence-corrected chi connectivity index (χ2v) is 12.7. The van der Waals surface area contributed by atoms with E-state index in [1.54, 1.807) is 29.2 Å². The number of amides is 1. The number of carbonyl (C=O) groups excluding carboxylic acids is 1. The van der Waals surface area contributed by atoms with Crippen LogP contribution in [0.15, 0.2) is 36.4 Å². The van der Waals surface area contributed by atoms with E-state index in [-0.39, 0.29) is 37.9 Å². The lowest BCUT2D eigenvalue weighted by Gasteiger charge is -2.55. The Morgan fingerprint density at radius 3 is 2.47 bits per heavy atom. The summed E-state index contributed by atoms with van der Waals surface area (Å²) in [6, 6.07) is 7.57. The third-order valence-electron chi connectivity index (χ3n) is 7.78. The van der Waals surface area contributed by atoms with Crippen molar-refractivity contribution in [2.45, 2.75) is 50.7 Å². The first kappa shape index (κ1) is 25.9. The molecule has 0 aromatic heterocycles. The Labute approximate surface area is 220 Å². The maximum atomic E-state index is 15.6. The van der Waals surface area contributed by atoms with Crippen LogP contribution in [0.1, 0.15) is 44.2 Å². The zero-order valence-electron chi connectivity index (χ0n) is 20.6. The van der Waals surface area contributed by atoms with E-state index in [2.05, 4.69) is 5.32 Å². The molecule has 3 fully saturated rings. The van der Waals surface area contributed by atoms with Crippen LogP contribution in [0, 0.1) is 22.5 Å². The Morgan fingerprint density at radius 1 is 1.19 bits per heavy atom. The molecule has 194 valence electrons. The number of nitrogens with one attached hydrogen (secondary N) is 1. The highest BCUT2D eigenvalue weighted by Crippen LogP contribution is 2.51. The molecule has 0 saturated carbocycles. The molecular formula is C27H31Cl2F2N3O2. The first-order valence-electron chi connectivity index (χ1n) is 12.2. The van der Waals surface area contributed by atoms with Gasteiger partial charge in [-0.05, 0) is 35.6 Å². The molecule has 5 rings (SSSR count). The minimum absolute atomic E-state index is 0.0119. The maximum absolute atomic E-state index is 15.6. The third-order valence-corrected chi connectivity index (χ3v) is 8.31. The summed E-state index contributed by atoms with van der Waals surface area (Å²) in [5.41, 5.74) is 5.91. The quantitative estimate of drug-likeness (QED) is 0.585. The van der Waals surface area contributed by atoms with Crippen LogP contribution in [0.5, 0.6) is 0 Å². The van der Waals surface area contributed by atoms with Crippen molar-refractivity contribution >= 4 is 29.1 Å². The molecular weight excluding hydrogens is 507 g/mol. The highest BCUT2D eigenvalue weighted by molar-refractivity contribution is 6.31. The molecule has 3 N–H and O–H groups in total. The number of rotatable bonds is 4. The second kappa shape index (κ2) is 8.91. The number of nitrogens with two attached hydrogens (primary N) is 1. The van der Waals surface area contributed by atoms with Crippen LogP contribution in [0.3, 0.4) is 0 Å². The summed E-state index contributed by atoms with van der Waals surface area (Å²) in [6.45, 7) is 8.56. The minimum Gasteiger partial charge on any atom is -0.380 e. The van der Waals surface area contributed by atoms with Gasteiger partial charge in [0.15, 0.2) is 0 Å². The van der Waals surface area contributed by atoms with E-state index in [0.717, 1.165) is 0 Å². The average molecular weight is 538 g/mol. The molecule has 5 nitrogen and oxygen atoms in total. The Hall–Kier alpha value is -1.77. The summed E-state index contributed by atoms with van der Waals surface area (Å²) in [6.07, 6.45) is 0.520. The van der Waals surface area contributed by atoms with Crippen LogP contribution in [-0.4, -0.2) is 49.2 Å². The molecule has 9 heteroatoms. The van der Waals surface area contributed by atoms with Crippen LogP contribution in [0.4, 0.5) is 8.78 Å². The Balaban J connectivity index is 1.65. The summed E-state index contributed by atoms with van der Waals surface area (Å²) in [4.78, 5) is 15.7. The van der Waals surface area contributed by atoms with Gasteiger partial charge in [0.2, 0.25) is 5.91 Å². The van der Waals surface area contributed by atoms with Gasteiger partial charge in [-0.2, -0.15) is 0 Å². The summed E-state index contributed by atoms with van der Waals surface area (Å²) in [5.74, 6) is -2.35. The molecule has 4 unspecified atom stereocenters. The van der Waals surface area contributed by atoms with Crippen molar-refractivity contribution < 1.29 is 18.3 Å². The number of nitrogens with zero attached hydrogens (tertiary/aromatic N) is 1. The summed E-state index contributed by atoms with van der Waals surface area (Å²) in [5, 5.41) is 3.58. The standard InChI is InChI=1S/C27H31Cl2F2N3O2/c1-25(2,3)10-20-27(32,17-8-7-15(28)9-19(17)30)21(16-5-4-6-18(29)22(16)31)23(33-20)24(35)34-11-26(12-34)13-36-14-26/h4-9,20-21,23,33H,10-14,32H2,1-3H3. The summed E-state index contributed by atoms with van der Waals surface area (Å²) >= 11 is 12.2. The van der Waals surface area contributed by atoms with Gasteiger partial charge >= 0.3 is 0 Å². The van der Waals surface area contributed by atoms with Gasteiger partial charge < -0.3 is 20.7 Å². The lowest BCUT2D eigenvalue weighted by atomic mass is 9.68. The first-order chi connectivity index (χ1) is 16.8. The largest absolute Gasteiger partial charge is 0.380 e. The van der Waals surface area contributed by atoms with E-state index in [1.807, 2.05) is 20.8 Å². The monoisotopic (exact) mass is 537 g/mol. The van der Waals surface area contributed by atoms with Gasteiger partial charge in [-0.25, -0.2) is 8.78 Å². The van der Waals surface area contributed by atoms with Gasteiger partial charge in [-0.3, -0.25) is 4.79 Å². The van der Waals surface area contributed by atoms with Crippen molar-refractivity contribution in [3.8, 4) is 0 Å². The van der Waals surface area contributed by atoms with E-state index in [0.29, 0.717) is 32.7 Å². The number of likely N-dealkylation sites (tertiary alicyclic amines) is 1. The van der Waals surface area contributed by atoms with Gasteiger partial charge in [-0.1, -0.05) is 62.2 Å². The van der Waals surface area contributed by atoms with Crippen LogP contribution in [0.2, 0.25) is 10.0 Å². The minimum atomic E-state index is -1.46. The molecule has 3 aliphatic heterocycles. The number of halogens is 4. The zero-order chi connectivity index (χ0) is 26.0. The normalized spacial score (nSPS) is 29.2. The lowest BCUT2D eigenvalue weighted by molar-refractivity contribution is -0.196. The lowest BCUT2D eigenvalue weighted by Crippen LogP contribution is -2.69. The molecule has 2 aromatic carbocycles. The Bertz CT molecular complexity index is 1190. The fraction of sp³-hybridized carbons (Fsp3) is 0.519. The van der Waals surface area contributed by atoms with Crippen LogP contribution in [-0.2, 0) is 15.1 Å². The van der Waals surface area contributed by atoms with Crippen LogP contribution in [0.25, 0.3) is 0 Å². The predicted octanol–water partition coefficient (Wildman–Crippen LogP) is 4.84. The number of benzene rings is 2. The Kier molecular flexibility index (Phi) is 6.40. The molecule has 1 spiro atoms. The van der Waals surface area contributed by atoms with E-state index in [1.165, 1.54) is 12.1 Å². The summed E-state index contributed by atoms with van der Waals surface area (Å²) < 4.78 is 36.5. The molecule has 0 aliphatic carbocycles. The van der Waals surface area contributed by atoms with Gasteiger partial charge in [-0.15, -0.1) is 0 Å². The molecule has 0 bridgehead atoms. The highest BCUT2D eigenvalue weighted by atomic mass is 35.5. The molecule has 36 heavy (non-hydrogen) atoms. The van der Waals surface area contributed by atoms with Crippen molar-refractivity contribution in [3.63, 3.8) is 0 Å². The highest BCUT2D eigenvalue weighted by Gasteiger charge is 2.61. The molecule has 1 amide bonds. The molecule has 4 atom stereocenters. The number of hydrogen-bond acceptors (Lipinski definition) is 4. The molecule has 3 heterocycles. The molecule has 3 aliphatic rings. The maximum Gasteiger partial charge on any atom is 0.240 e. The van der Waals surface area contributed by atoms with Crippen molar-refractivity contribution in [1.82, 2.24) is 10.2 Å². The van der Waals surface area contributed by atoms with Gasteiger partial charge in [0.25, 0.3) is 0 Å². The van der Waals surface area contributed by atoms with Crippen molar-refractivity contribution in [2.75, 3.05) is 26.3 Å². The molecule has 3 saturated heterocycles. The van der Waals surface area contributed by atoms with Crippen molar-refractivity contribution in [3.05, 3.63) is 69.2 Å². The topological polar surface area (TPSA) is 67.6 Å². The van der Waals surface area contributed by atoms with Crippen LogP contribution < -0.4 is 11.1 Å². The fourth-order valence-corrected chi connectivity index (χ4v) is 6.42. The zero-order valence-corrected chi connectivity index (χ0v) is 22.1. The van der Waals surface area contributed by atoms with Crippen molar-refractivity contribution in [2.24, 2.45) is 16.6 Å². The SMILES string of the molecule is CC(C)(C)CC1NC(C(=O)N2CC3(COC3)C2)C(c2cccc(Cl)c2F)C1(N)c1ccc(Cl)cc1F. The number of carbonyl (C=O) groups is 1. The van der Waals surface area contributed by atoms with E-state index < -0.39 is 35.2 Å². The third kappa shape index (κ3) is 4.23. The predicted molar refractivity (Wildman–Crippen MR) is 136 cm³/mol. The van der Waals surface area contributed by atoms with Crippen LogP contribution >= 0.6 is 23.2 Å². The molecule has 0 radical (unpaired) electrons. The Morgan fingerprint density at radius 2 is 1.89 bits per heavy atom. The fourth-order valence-electron chi connectivity index (χ4n) is 6.08. The second-order valence-electron chi connectivity index (χ2n) is 11.8. The van der Waals surface area contributed by atoms with Crippen molar-refractivity contribution in [1.29, 1.82) is 0 Å². The van der Waals surface area contributed by atoms with E-state index in [4.69, 9.17) is 33.7 Å². The smallest absolute Gasteiger partial charge is 0.240 e.